The molecule has 0 aliphatic carbocycles. The molecule has 1 N–H and O–H groups in total. The van der Waals surface area contributed by atoms with Gasteiger partial charge in [0.1, 0.15) is 0 Å². The number of rotatable bonds is 1. The third-order valence-corrected chi connectivity index (χ3v) is 5.43. The van der Waals surface area contributed by atoms with Gasteiger partial charge in [0.15, 0.2) is 0 Å². The second-order valence-corrected chi connectivity index (χ2v) is 7.56. The van der Waals surface area contributed by atoms with E-state index < -0.39 is 0 Å². The zero-order valence-corrected chi connectivity index (χ0v) is 12.7. The molecule has 106 valence electrons. The smallest absolute Gasteiger partial charge is 0.0441 e. The van der Waals surface area contributed by atoms with Crippen LogP contribution in [0.4, 0.5) is 0 Å². The van der Waals surface area contributed by atoms with Crippen molar-refractivity contribution in [2.45, 2.75) is 64.5 Å². The van der Waals surface area contributed by atoms with Crippen LogP contribution in [0.3, 0.4) is 0 Å². The SMILES string of the molecule is CN1CCC(C2CCC(C)(C)N(O)C2(C)C)CC1. The molecule has 0 saturated carbocycles. The highest BCUT2D eigenvalue weighted by Crippen LogP contribution is 2.46. The van der Waals surface area contributed by atoms with E-state index in [0.717, 1.165) is 12.3 Å². The summed E-state index contributed by atoms with van der Waals surface area (Å²) < 4.78 is 0. The molecule has 2 aliphatic rings. The highest BCUT2D eigenvalue weighted by Gasteiger charge is 2.49. The van der Waals surface area contributed by atoms with Gasteiger partial charge < -0.3 is 10.1 Å². The van der Waals surface area contributed by atoms with Gasteiger partial charge >= 0.3 is 0 Å². The Bertz CT molecular complexity index is 293. The van der Waals surface area contributed by atoms with Gasteiger partial charge in [-0.1, -0.05) is 0 Å². The van der Waals surface area contributed by atoms with E-state index in [-0.39, 0.29) is 11.1 Å². The van der Waals surface area contributed by atoms with E-state index >= 15 is 0 Å². The topological polar surface area (TPSA) is 26.7 Å². The van der Waals surface area contributed by atoms with Crippen molar-refractivity contribution >= 4 is 0 Å². The average molecular weight is 254 g/mol. The van der Waals surface area contributed by atoms with Crippen molar-refractivity contribution in [3.8, 4) is 0 Å². The summed E-state index contributed by atoms with van der Waals surface area (Å²) in [5.41, 5.74) is -0.173. The average Bonchev–Trinajstić information content (AvgIpc) is 2.28. The lowest BCUT2D eigenvalue weighted by Crippen LogP contribution is -2.62. The van der Waals surface area contributed by atoms with Crippen molar-refractivity contribution in [2.24, 2.45) is 11.8 Å². The van der Waals surface area contributed by atoms with E-state index in [4.69, 9.17) is 0 Å². The molecule has 2 saturated heterocycles. The minimum absolute atomic E-state index is 0.0779. The number of hydroxylamine groups is 2. The van der Waals surface area contributed by atoms with Gasteiger partial charge in [-0.2, -0.15) is 5.06 Å². The molecule has 0 amide bonds. The molecule has 0 radical (unpaired) electrons. The van der Waals surface area contributed by atoms with E-state index in [1.165, 1.54) is 32.4 Å². The Morgan fingerprint density at radius 3 is 2.11 bits per heavy atom. The quantitative estimate of drug-likeness (QED) is 0.779. The van der Waals surface area contributed by atoms with E-state index in [1.54, 1.807) is 5.06 Å². The number of hydrogen-bond donors (Lipinski definition) is 1. The molecule has 0 spiro atoms. The molecule has 1 atom stereocenters. The fourth-order valence-electron chi connectivity index (χ4n) is 4.15. The third-order valence-electron chi connectivity index (χ3n) is 5.43. The highest BCUT2D eigenvalue weighted by atomic mass is 16.5. The summed E-state index contributed by atoms with van der Waals surface area (Å²) in [6.07, 6.45) is 4.94. The van der Waals surface area contributed by atoms with Gasteiger partial charge in [-0.05, 0) is 85.4 Å². The molecule has 1 unspecified atom stereocenters. The first-order chi connectivity index (χ1) is 8.25. The van der Waals surface area contributed by atoms with Crippen LogP contribution in [0, 0.1) is 11.8 Å². The van der Waals surface area contributed by atoms with Crippen molar-refractivity contribution < 1.29 is 5.21 Å². The molecule has 2 rings (SSSR count). The summed E-state index contributed by atoms with van der Waals surface area (Å²) >= 11 is 0. The van der Waals surface area contributed by atoms with Crippen LogP contribution < -0.4 is 0 Å². The number of piperidine rings is 2. The number of hydrogen-bond acceptors (Lipinski definition) is 3. The van der Waals surface area contributed by atoms with Crippen molar-refractivity contribution in [2.75, 3.05) is 20.1 Å². The summed E-state index contributed by atoms with van der Waals surface area (Å²) in [6.45, 7) is 11.2. The standard InChI is InChI=1S/C15H30N2O/c1-14(2)9-6-13(15(3,4)17(14)18)12-7-10-16(5)11-8-12/h12-13,18H,6-11H2,1-5H3. The molecule has 18 heavy (non-hydrogen) atoms. The zero-order chi connectivity index (χ0) is 13.6. The maximum atomic E-state index is 10.5. The number of likely N-dealkylation sites (tertiary alicyclic amines) is 1. The Labute approximate surface area is 112 Å². The molecule has 3 heteroatoms. The summed E-state index contributed by atoms with van der Waals surface area (Å²) in [4.78, 5) is 2.42. The lowest BCUT2D eigenvalue weighted by atomic mass is 9.66. The van der Waals surface area contributed by atoms with Crippen molar-refractivity contribution in [1.29, 1.82) is 0 Å². The highest BCUT2D eigenvalue weighted by molar-refractivity contribution is 5.00. The molecule has 2 fully saturated rings. The number of nitrogens with zero attached hydrogens (tertiary/aromatic N) is 2. The Morgan fingerprint density at radius 2 is 1.56 bits per heavy atom. The minimum Gasteiger partial charge on any atom is -0.313 e. The van der Waals surface area contributed by atoms with Gasteiger partial charge in [0, 0.05) is 11.1 Å². The molecule has 2 heterocycles. The van der Waals surface area contributed by atoms with Gasteiger partial charge in [-0.3, -0.25) is 0 Å². The van der Waals surface area contributed by atoms with Crippen LogP contribution in [0.15, 0.2) is 0 Å². The van der Waals surface area contributed by atoms with Crippen LogP contribution >= 0.6 is 0 Å². The molecular formula is C15H30N2O. The molecular weight excluding hydrogens is 224 g/mol. The van der Waals surface area contributed by atoms with Crippen molar-refractivity contribution in [3.63, 3.8) is 0 Å². The second kappa shape index (κ2) is 4.77. The Hall–Kier alpha value is -0.120. The van der Waals surface area contributed by atoms with Gasteiger partial charge in [0.25, 0.3) is 0 Å². The maximum absolute atomic E-state index is 10.5. The van der Waals surface area contributed by atoms with Gasteiger partial charge in [0.2, 0.25) is 0 Å². The van der Waals surface area contributed by atoms with Crippen LogP contribution in [0.25, 0.3) is 0 Å². The maximum Gasteiger partial charge on any atom is 0.0441 e. The van der Waals surface area contributed by atoms with E-state index in [2.05, 4.69) is 39.6 Å². The first-order valence-electron chi connectivity index (χ1n) is 7.43. The Balaban J connectivity index is 2.10. The molecule has 0 aromatic rings. The predicted octanol–water partition coefficient (Wildman–Crippen LogP) is 2.99. The fourth-order valence-corrected chi connectivity index (χ4v) is 4.15. The molecule has 2 aliphatic heterocycles. The van der Waals surface area contributed by atoms with Gasteiger partial charge in [-0.25, -0.2) is 0 Å². The van der Waals surface area contributed by atoms with Crippen LogP contribution in [-0.4, -0.2) is 46.4 Å². The monoisotopic (exact) mass is 254 g/mol. The first kappa shape index (κ1) is 14.3. The first-order valence-corrected chi connectivity index (χ1v) is 7.43. The molecule has 0 aromatic carbocycles. The van der Waals surface area contributed by atoms with Gasteiger partial charge in [0.05, 0.1) is 0 Å². The second-order valence-electron chi connectivity index (χ2n) is 7.56. The lowest BCUT2D eigenvalue weighted by molar-refractivity contribution is -0.265. The molecule has 3 nitrogen and oxygen atoms in total. The van der Waals surface area contributed by atoms with Gasteiger partial charge in [-0.15, -0.1) is 0 Å². The summed E-state index contributed by atoms with van der Waals surface area (Å²) in [5, 5.41) is 12.2. The Kier molecular flexibility index (Phi) is 3.79. The van der Waals surface area contributed by atoms with Crippen molar-refractivity contribution in [1.82, 2.24) is 9.96 Å². The van der Waals surface area contributed by atoms with Crippen molar-refractivity contribution in [3.05, 3.63) is 0 Å². The normalized spacial score (nSPS) is 34.7. The lowest BCUT2D eigenvalue weighted by Gasteiger charge is -2.55. The van der Waals surface area contributed by atoms with E-state index in [1.807, 2.05) is 0 Å². The van der Waals surface area contributed by atoms with E-state index in [9.17, 15) is 5.21 Å². The van der Waals surface area contributed by atoms with Crippen LogP contribution in [0.1, 0.15) is 53.4 Å². The molecule has 0 aromatic heterocycles. The largest absolute Gasteiger partial charge is 0.313 e. The predicted molar refractivity (Wildman–Crippen MR) is 74.7 cm³/mol. The minimum atomic E-state index is -0.0949. The summed E-state index contributed by atoms with van der Waals surface area (Å²) in [5.74, 6) is 1.41. The van der Waals surface area contributed by atoms with Crippen LogP contribution in [-0.2, 0) is 0 Å². The van der Waals surface area contributed by atoms with E-state index in [0.29, 0.717) is 5.92 Å². The zero-order valence-electron chi connectivity index (χ0n) is 12.7. The summed E-state index contributed by atoms with van der Waals surface area (Å²) in [6, 6.07) is 0. The Morgan fingerprint density at radius 1 is 1.00 bits per heavy atom. The molecule has 0 bridgehead atoms. The fraction of sp³-hybridized carbons (Fsp3) is 1.00. The summed E-state index contributed by atoms with van der Waals surface area (Å²) in [7, 11) is 2.21. The van der Waals surface area contributed by atoms with Crippen LogP contribution in [0.2, 0.25) is 0 Å². The third kappa shape index (κ3) is 2.45. The van der Waals surface area contributed by atoms with Crippen LogP contribution in [0.5, 0.6) is 0 Å².